The molecule has 1 rings (SSSR count). The number of rotatable bonds is 4. The third-order valence-corrected chi connectivity index (χ3v) is 2.33. The number of aliphatic hydroxyl groups excluding tert-OH is 1. The Balaban J connectivity index is 2.32. The van der Waals surface area contributed by atoms with Crippen LogP contribution < -0.4 is 5.73 Å². The Hall–Kier alpha value is -0.120. The lowest BCUT2D eigenvalue weighted by molar-refractivity contribution is 0.0180. The molecule has 3 heteroatoms. The molecule has 0 amide bonds. The Morgan fingerprint density at radius 3 is 2.60 bits per heavy atom. The summed E-state index contributed by atoms with van der Waals surface area (Å²) < 4.78 is 4.83. The molecule has 1 aliphatic carbocycles. The van der Waals surface area contributed by atoms with Crippen LogP contribution in [0.3, 0.4) is 0 Å². The van der Waals surface area contributed by atoms with Gasteiger partial charge in [-0.1, -0.05) is 0 Å². The second-order valence-electron chi connectivity index (χ2n) is 3.04. The fraction of sp³-hybridized carbons (Fsp3) is 1.00. The number of aliphatic hydroxyl groups is 1. The van der Waals surface area contributed by atoms with Gasteiger partial charge >= 0.3 is 0 Å². The van der Waals surface area contributed by atoms with Crippen molar-refractivity contribution in [2.45, 2.75) is 18.9 Å². The highest BCUT2D eigenvalue weighted by Gasteiger charge is 2.47. The van der Waals surface area contributed by atoms with E-state index in [1.165, 1.54) is 0 Å². The molecule has 0 bridgehead atoms. The first-order valence-electron chi connectivity index (χ1n) is 3.62. The molecule has 1 unspecified atom stereocenters. The van der Waals surface area contributed by atoms with E-state index in [4.69, 9.17) is 10.5 Å². The van der Waals surface area contributed by atoms with E-state index in [1.807, 2.05) is 0 Å². The van der Waals surface area contributed by atoms with E-state index in [2.05, 4.69) is 0 Å². The lowest BCUT2D eigenvalue weighted by Crippen LogP contribution is -2.32. The zero-order valence-electron chi connectivity index (χ0n) is 6.34. The summed E-state index contributed by atoms with van der Waals surface area (Å²) in [7, 11) is 1.59. The Kier molecular flexibility index (Phi) is 2.28. The summed E-state index contributed by atoms with van der Waals surface area (Å²) in [6, 6.07) is 0. The van der Waals surface area contributed by atoms with E-state index in [9.17, 15) is 5.11 Å². The summed E-state index contributed by atoms with van der Waals surface area (Å²) in [5.74, 6) is 0. The van der Waals surface area contributed by atoms with Crippen LogP contribution in [-0.2, 0) is 4.74 Å². The molecule has 0 aliphatic heterocycles. The molecule has 0 aromatic heterocycles. The van der Waals surface area contributed by atoms with Crippen LogP contribution >= 0.6 is 0 Å². The van der Waals surface area contributed by atoms with Gasteiger partial charge in [-0.3, -0.25) is 0 Å². The zero-order valence-corrected chi connectivity index (χ0v) is 6.34. The van der Waals surface area contributed by atoms with Gasteiger partial charge in [0.15, 0.2) is 0 Å². The van der Waals surface area contributed by atoms with Gasteiger partial charge in [-0.05, 0) is 12.8 Å². The van der Waals surface area contributed by atoms with Crippen molar-refractivity contribution in [1.82, 2.24) is 0 Å². The third kappa shape index (κ3) is 1.31. The molecule has 0 spiro atoms. The van der Waals surface area contributed by atoms with Crippen LogP contribution in [0.5, 0.6) is 0 Å². The summed E-state index contributed by atoms with van der Waals surface area (Å²) in [6.45, 7) is 0.995. The van der Waals surface area contributed by atoms with Gasteiger partial charge in [-0.25, -0.2) is 0 Å². The molecule has 1 aliphatic rings. The lowest BCUT2D eigenvalue weighted by atomic mass is 10.0. The van der Waals surface area contributed by atoms with E-state index in [1.54, 1.807) is 7.11 Å². The molecule has 0 aromatic rings. The average molecular weight is 145 g/mol. The topological polar surface area (TPSA) is 55.5 Å². The number of nitrogens with two attached hydrogens (primary N) is 1. The second-order valence-corrected chi connectivity index (χ2v) is 3.04. The maximum atomic E-state index is 9.43. The molecule has 1 saturated carbocycles. The highest BCUT2D eigenvalue weighted by molar-refractivity contribution is 4.99. The molecule has 1 fully saturated rings. The summed E-state index contributed by atoms with van der Waals surface area (Å²) in [6.07, 6.45) is 1.74. The summed E-state index contributed by atoms with van der Waals surface area (Å²) >= 11 is 0. The van der Waals surface area contributed by atoms with Gasteiger partial charge in [0, 0.05) is 19.1 Å². The molecular weight excluding hydrogens is 130 g/mol. The molecule has 3 N–H and O–H groups in total. The van der Waals surface area contributed by atoms with Crippen molar-refractivity contribution in [2.75, 3.05) is 20.3 Å². The van der Waals surface area contributed by atoms with Crippen LogP contribution in [0.2, 0.25) is 0 Å². The van der Waals surface area contributed by atoms with Crippen LogP contribution in [-0.4, -0.2) is 31.5 Å². The standard InChI is InChI=1S/C7H15NO2/c1-10-4-6(9)7(5-8)2-3-7/h6,9H,2-5,8H2,1H3. The van der Waals surface area contributed by atoms with Gasteiger partial charge in [0.05, 0.1) is 12.7 Å². The normalized spacial score (nSPS) is 24.3. The number of methoxy groups -OCH3 is 1. The van der Waals surface area contributed by atoms with Crippen molar-refractivity contribution in [3.8, 4) is 0 Å². The van der Waals surface area contributed by atoms with Crippen molar-refractivity contribution < 1.29 is 9.84 Å². The molecular formula is C7H15NO2. The summed E-state index contributed by atoms with van der Waals surface area (Å²) in [4.78, 5) is 0. The minimum atomic E-state index is -0.359. The first-order chi connectivity index (χ1) is 4.75. The second kappa shape index (κ2) is 2.86. The Labute approximate surface area is 61.2 Å². The van der Waals surface area contributed by atoms with E-state index in [-0.39, 0.29) is 11.5 Å². The molecule has 0 radical (unpaired) electrons. The first-order valence-corrected chi connectivity index (χ1v) is 3.62. The van der Waals surface area contributed by atoms with Crippen LogP contribution in [0.25, 0.3) is 0 Å². The van der Waals surface area contributed by atoms with E-state index in [0.29, 0.717) is 13.2 Å². The summed E-state index contributed by atoms with van der Waals surface area (Å²) in [5, 5.41) is 9.43. The highest BCUT2D eigenvalue weighted by Crippen LogP contribution is 2.47. The van der Waals surface area contributed by atoms with Gasteiger partial charge in [0.2, 0.25) is 0 Å². The lowest BCUT2D eigenvalue weighted by Gasteiger charge is -2.18. The SMILES string of the molecule is COCC(O)C1(CN)CC1. The van der Waals surface area contributed by atoms with Crippen LogP contribution in [0.4, 0.5) is 0 Å². The molecule has 60 valence electrons. The Morgan fingerprint density at radius 1 is 1.70 bits per heavy atom. The molecule has 0 saturated heterocycles. The van der Waals surface area contributed by atoms with E-state index in [0.717, 1.165) is 12.8 Å². The van der Waals surface area contributed by atoms with E-state index >= 15 is 0 Å². The molecule has 0 heterocycles. The van der Waals surface area contributed by atoms with Gasteiger partial charge in [0.25, 0.3) is 0 Å². The van der Waals surface area contributed by atoms with Gasteiger partial charge in [-0.15, -0.1) is 0 Å². The quantitative estimate of drug-likeness (QED) is 0.572. The van der Waals surface area contributed by atoms with Gasteiger partial charge < -0.3 is 15.6 Å². The van der Waals surface area contributed by atoms with E-state index < -0.39 is 0 Å². The van der Waals surface area contributed by atoms with Gasteiger partial charge in [0.1, 0.15) is 0 Å². The van der Waals surface area contributed by atoms with Crippen LogP contribution in [0.15, 0.2) is 0 Å². The van der Waals surface area contributed by atoms with Crippen LogP contribution in [0, 0.1) is 5.41 Å². The highest BCUT2D eigenvalue weighted by atomic mass is 16.5. The minimum Gasteiger partial charge on any atom is -0.390 e. The maximum Gasteiger partial charge on any atom is 0.0841 e. The largest absolute Gasteiger partial charge is 0.390 e. The predicted molar refractivity (Wildman–Crippen MR) is 38.6 cm³/mol. The van der Waals surface area contributed by atoms with Crippen molar-refractivity contribution in [2.24, 2.45) is 11.1 Å². The molecule has 1 atom stereocenters. The number of hydrogen-bond donors (Lipinski definition) is 2. The van der Waals surface area contributed by atoms with Crippen LogP contribution in [0.1, 0.15) is 12.8 Å². The Bertz CT molecular complexity index is 112. The zero-order chi connectivity index (χ0) is 7.61. The average Bonchev–Trinajstić information content (AvgIpc) is 2.68. The first kappa shape index (κ1) is 7.98. The van der Waals surface area contributed by atoms with Crippen molar-refractivity contribution in [1.29, 1.82) is 0 Å². The van der Waals surface area contributed by atoms with Crippen molar-refractivity contribution in [3.05, 3.63) is 0 Å². The molecule has 0 aromatic carbocycles. The van der Waals surface area contributed by atoms with Crippen molar-refractivity contribution >= 4 is 0 Å². The predicted octanol–water partition coefficient (Wildman–Crippen LogP) is -0.267. The minimum absolute atomic E-state index is 0.00993. The van der Waals surface area contributed by atoms with Crippen molar-refractivity contribution in [3.63, 3.8) is 0 Å². The summed E-state index contributed by atoms with van der Waals surface area (Å²) in [5.41, 5.74) is 5.49. The number of ether oxygens (including phenoxy) is 1. The fourth-order valence-corrected chi connectivity index (χ4v) is 1.17. The monoisotopic (exact) mass is 145 g/mol. The fourth-order valence-electron chi connectivity index (χ4n) is 1.17. The maximum absolute atomic E-state index is 9.43. The third-order valence-electron chi connectivity index (χ3n) is 2.33. The smallest absolute Gasteiger partial charge is 0.0841 e. The molecule has 10 heavy (non-hydrogen) atoms. The Morgan fingerprint density at radius 2 is 2.30 bits per heavy atom. The molecule has 3 nitrogen and oxygen atoms in total. The van der Waals surface area contributed by atoms with Gasteiger partial charge in [-0.2, -0.15) is 0 Å². The number of hydrogen-bond acceptors (Lipinski definition) is 3.